The van der Waals surface area contributed by atoms with Gasteiger partial charge in [0.05, 0.1) is 21.2 Å². The normalized spacial score (nSPS) is 16.2. The average Bonchev–Trinajstić information content (AvgIpc) is 2.71. The molecule has 29 heavy (non-hydrogen) atoms. The van der Waals surface area contributed by atoms with Crippen molar-refractivity contribution < 1.29 is 13.2 Å². The zero-order valence-corrected chi connectivity index (χ0v) is 18.1. The van der Waals surface area contributed by atoms with E-state index in [9.17, 15) is 13.2 Å². The molecule has 0 saturated carbocycles. The molecule has 2 aromatic rings. The van der Waals surface area contributed by atoms with Crippen molar-refractivity contribution in [1.82, 2.24) is 9.73 Å². The van der Waals surface area contributed by atoms with Crippen molar-refractivity contribution in [2.24, 2.45) is 11.0 Å². The summed E-state index contributed by atoms with van der Waals surface area (Å²) < 4.78 is 26.9. The number of piperidine rings is 1. The predicted octanol–water partition coefficient (Wildman–Crippen LogP) is 3.85. The number of aryl methyl sites for hydroxylation is 1. The Bertz CT molecular complexity index is 1020. The Kier molecular flexibility index (Phi) is 6.95. The first-order chi connectivity index (χ1) is 13.8. The summed E-state index contributed by atoms with van der Waals surface area (Å²) in [5.41, 5.74) is 4.09. The Morgan fingerprint density at radius 3 is 2.45 bits per heavy atom. The molecule has 1 heterocycles. The lowest BCUT2D eigenvalue weighted by atomic mass is 9.98. The summed E-state index contributed by atoms with van der Waals surface area (Å²) in [5, 5.41) is 4.71. The first-order valence-corrected chi connectivity index (χ1v) is 11.3. The Hall–Kier alpha value is -1.93. The fourth-order valence-electron chi connectivity index (χ4n) is 3.09. The molecule has 0 radical (unpaired) electrons. The zero-order chi connectivity index (χ0) is 21.0. The smallest absolute Gasteiger partial charge is 0.243 e. The van der Waals surface area contributed by atoms with E-state index in [1.54, 1.807) is 42.5 Å². The van der Waals surface area contributed by atoms with Gasteiger partial charge in [0, 0.05) is 24.6 Å². The molecule has 0 atom stereocenters. The Morgan fingerprint density at radius 1 is 1.14 bits per heavy atom. The van der Waals surface area contributed by atoms with Crippen LogP contribution in [-0.4, -0.2) is 37.9 Å². The van der Waals surface area contributed by atoms with E-state index in [4.69, 9.17) is 23.2 Å². The summed E-state index contributed by atoms with van der Waals surface area (Å²) in [5.74, 6) is -0.543. The minimum absolute atomic E-state index is 0.244. The lowest BCUT2D eigenvalue weighted by Gasteiger charge is -2.30. The average molecular weight is 454 g/mol. The van der Waals surface area contributed by atoms with Gasteiger partial charge in [-0.2, -0.15) is 9.41 Å². The Morgan fingerprint density at radius 2 is 1.79 bits per heavy atom. The van der Waals surface area contributed by atoms with Gasteiger partial charge in [0.15, 0.2) is 0 Å². The number of hydrogen-bond acceptors (Lipinski definition) is 4. The fraction of sp³-hybridized carbons (Fsp3) is 0.300. The van der Waals surface area contributed by atoms with Crippen LogP contribution in [0, 0.1) is 12.8 Å². The number of hydrazone groups is 1. The number of halogens is 2. The highest BCUT2D eigenvalue weighted by atomic mass is 35.5. The molecule has 154 valence electrons. The molecule has 1 aliphatic heterocycles. The Balaban J connectivity index is 1.56. The van der Waals surface area contributed by atoms with Crippen LogP contribution in [0.5, 0.6) is 0 Å². The molecular weight excluding hydrogens is 433 g/mol. The number of rotatable bonds is 5. The highest BCUT2D eigenvalue weighted by molar-refractivity contribution is 7.89. The second-order valence-corrected chi connectivity index (χ2v) is 9.59. The monoisotopic (exact) mass is 453 g/mol. The number of nitrogens with one attached hydrogen (secondary N) is 1. The van der Waals surface area contributed by atoms with Crippen LogP contribution in [0.2, 0.25) is 10.0 Å². The van der Waals surface area contributed by atoms with E-state index in [1.807, 2.05) is 6.92 Å². The van der Waals surface area contributed by atoms with Crippen LogP contribution in [0.1, 0.15) is 24.0 Å². The summed E-state index contributed by atoms with van der Waals surface area (Å²) in [6.07, 6.45) is 2.30. The second-order valence-electron chi connectivity index (χ2n) is 6.87. The van der Waals surface area contributed by atoms with Crippen LogP contribution in [0.25, 0.3) is 0 Å². The quantitative estimate of drug-likeness (QED) is 0.551. The summed E-state index contributed by atoms with van der Waals surface area (Å²) in [6, 6.07) is 11.9. The molecule has 1 amide bonds. The second kappa shape index (κ2) is 9.26. The molecule has 2 aromatic carbocycles. The number of nitrogens with zero attached hydrogens (tertiary/aromatic N) is 2. The highest BCUT2D eigenvalue weighted by Gasteiger charge is 2.32. The van der Waals surface area contributed by atoms with Crippen LogP contribution in [0.4, 0.5) is 0 Å². The molecule has 0 unspecified atom stereocenters. The number of carbonyl (C=O) groups excluding carboxylic acids is 1. The molecule has 0 spiro atoms. The van der Waals surface area contributed by atoms with Gasteiger partial charge in [0.25, 0.3) is 0 Å². The molecule has 1 N–H and O–H groups in total. The van der Waals surface area contributed by atoms with Crippen molar-refractivity contribution in [2.45, 2.75) is 24.7 Å². The lowest BCUT2D eigenvalue weighted by Crippen LogP contribution is -2.42. The third-order valence-electron chi connectivity index (χ3n) is 4.84. The van der Waals surface area contributed by atoms with E-state index in [-0.39, 0.29) is 29.8 Å². The first-order valence-electron chi connectivity index (χ1n) is 9.13. The van der Waals surface area contributed by atoms with E-state index in [0.717, 1.165) is 5.56 Å². The van der Waals surface area contributed by atoms with E-state index in [1.165, 1.54) is 10.5 Å². The largest absolute Gasteiger partial charge is 0.273 e. The molecule has 1 saturated heterocycles. The first kappa shape index (κ1) is 21.8. The SMILES string of the molecule is Cc1ccc(S(=O)(=O)N2CCC(C(=O)N/N=C/c3cccc(Cl)c3Cl)CC2)cc1. The predicted molar refractivity (Wildman–Crippen MR) is 115 cm³/mol. The van der Waals surface area contributed by atoms with Gasteiger partial charge in [-0.15, -0.1) is 0 Å². The number of benzene rings is 2. The van der Waals surface area contributed by atoms with Crippen LogP contribution in [0.15, 0.2) is 52.5 Å². The summed E-state index contributed by atoms with van der Waals surface area (Å²) in [7, 11) is -3.54. The number of carbonyl (C=O) groups is 1. The maximum absolute atomic E-state index is 12.7. The van der Waals surface area contributed by atoms with Crippen molar-refractivity contribution >= 4 is 45.3 Å². The van der Waals surface area contributed by atoms with Crippen molar-refractivity contribution in [2.75, 3.05) is 13.1 Å². The minimum Gasteiger partial charge on any atom is -0.273 e. The van der Waals surface area contributed by atoms with E-state index >= 15 is 0 Å². The van der Waals surface area contributed by atoms with Crippen LogP contribution in [-0.2, 0) is 14.8 Å². The van der Waals surface area contributed by atoms with Gasteiger partial charge in [0.1, 0.15) is 0 Å². The maximum Gasteiger partial charge on any atom is 0.243 e. The standard InChI is InChI=1S/C20H21Cl2N3O3S/c1-14-5-7-17(8-6-14)29(27,28)25-11-9-15(10-12-25)20(26)24-23-13-16-3-2-4-18(21)19(16)22/h2-8,13,15H,9-12H2,1H3,(H,24,26)/b23-13+. The molecule has 1 aliphatic rings. The van der Waals surface area contributed by atoms with Gasteiger partial charge in [-0.05, 0) is 38.0 Å². The maximum atomic E-state index is 12.7. The topological polar surface area (TPSA) is 78.8 Å². The van der Waals surface area contributed by atoms with Gasteiger partial charge in [-0.3, -0.25) is 4.79 Å². The fourth-order valence-corrected chi connectivity index (χ4v) is 4.92. The van der Waals surface area contributed by atoms with Gasteiger partial charge >= 0.3 is 0 Å². The van der Waals surface area contributed by atoms with Crippen LogP contribution < -0.4 is 5.43 Å². The molecule has 9 heteroatoms. The molecule has 0 bridgehead atoms. The molecular formula is C20H21Cl2N3O3S. The molecule has 1 fully saturated rings. The highest BCUT2D eigenvalue weighted by Crippen LogP contribution is 2.25. The van der Waals surface area contributed by atoms with Crippen molar-refractivity contribution in [3.05, 3.63) is 63.6 Å². The summed E-state index contributed by atoms with van der Waals surface area (Å²) in [4.78, 5) is 12.6. The molecule has 0 aromatic heterocycles. The molecule has 0 aliphatic carbocycles. The number of sulfonamides is 1. The van der Waals surface area contributed by atoms with Crippen molar-refractivity contribution in [3.8, 4) is 0 Å². The van der Waals surface area contributed by atoms with Gasteiger partial charge in [-0.25, -0.2) is 13.8 Å². The van der Waals surface area contributed by atoms with Gasteiger partial charge in [-0.1, -0.05) is 53.0 Å². The van der Waals surface area contributed by atoms with Crippen molar-refractivity contribution in [3.63, 3.8) is 0 Å². The minimum atomic E-state index is -3.54. The van der Waals surface area contributed by atoms with Crippen LogP contribution in [0.3, 0.4) is 0 Å². The van der Waals surface area contributed by atoms with Gasteiger partial charge in [0.2, 0.25) is 15.9 Å². The van der Waals surface area contributed by atoms with Crippen LogP contribution >= 0.6 is 23.2 Å². The Labute approximate surface area is 180 Å². The number of hydrogen-bond donors (Lipinski definition) is 1. The van der Waals surface area contributed by atoms with Gasteiger partial charge < -0.3 is 0 Å². The zero-order valence-electron chi connectivity index (χ0n) is 15.8. The van der Waals surface area contributed by atoms with Crippen molar-refractivity contribution in [1.29, 1.82) is 0 Å². The molecule has 3 rings (SSSR count). The number of amides is 1. The third-order valence-corrected chi connectivity index (χ3v) is 7.59. The third kappa shape index (κ3) is 5.17. The molecule has 6 nitrogen and oxygen atoms in total. The van der Waals surface area contributed by atoms with E-state index in [0.29, 0.717) is 28.5 Å². The summed E-state index contributed by atoms with van der Waals surface area (Å²) in [6.45, 7) is 2.49. The lowest BCUT2D eigenvalue weighted by molar-refractivity contribution is -0.126. The van der Waals surface area contributed by atoms with E-state index < -0.39 is 10.0 Å². The summed E-state index contributed by atoms with van der Waals surface area (Å²) >= 11 is 12.0. The van der Waals surface area contributed by atoms with E-state index in [2.05, 4.69) is 10.5 Å².